The Morgan fingerprint density at radius 2 is 2.53 bits per heavy atom. The molecule has 0 bridgehead atoms. The molecule has 2 nitrogen and oxygen atoms in total. The molecule has 0 aliphatic carbocycles. The van der Waals surface area contributed by atoms with Gasteiger partial charge in [0, 0.05) is 23.3 Å². The van der Waals surface area contributed by atoms with Crippen molar-refractivity contribution in [1.82, 2.24) is 5.32 Å². The van der Waals surface area contributed by atoms with Gasteiger partial charge >= 0.3 is 0 Å². The van der Waals surface area contributed by atoms with Crippen molar-refractivity contribution in [2.24, 2.45) is 5.41 Å². The van der Waals surface area contributed by atoms with Gasteiger partial charge in [0.2, 0.25) is 0 Å². The van der Waals surface area contributed by atoms with Crippen molar-refractivity contribution in [2.45, 2.75) is 26.2 Å². The molecule has 0 radical (unpaired) electrons. The van der Waals surface area contributed by atoms with E-state index >= 15 is 0 Å². The maximum Gasteiger partial charge on any atom is 0.145 e. The van der Waals surface area contributed by atoms with E-state index in [0.717, 1.165) is 25.9 Å². The van der Waals surface area contributed by atoms with Crippen LogP contribution < -0.4 is 5.32 Å². The van der Waals surface area contributed by atoms with Crippen molar-refractivity contribution < 1.29 is 4.79 Å². The van der Waals surface area contributed by atoms with Gasteiger partial charge in [0.15, 0.2) is 0 Å². The van der Waals surface area contributed by atoms with Gasteiger partial charge in [-0.15, -0.1) is 11.3 Å². The number of carbonyl (C=O) groups is 1. The van der Waals surface area contributed by atoms with Crippen molar-refractivity contribution in [3.05, 3.63) is 22.4 Å². The second kappa shape index (κ2) is 4.45. The molecule has 3 heteroatoms. The van der Waals surface area contributed by atoms with Crippen LogP contribution in [0.5, 0.6) is 0 Å². The van der Waals surface area contributed by atoms with Crippen molar-refractivity contribution >= 4 is 17.1 Å². The van der Waals surface area contributed by atoms with Gasteiger partial charge in [-0.25, -0.2) is 0 Å². The van der Waals surface area contributed by atoms with Crippen LogP contribution in [0.2, 0.25) is 0 Å². The molecular formula is C12H17NOS. The van der Waals surface area contributed by atoms with Crippen molar-refractivity contribution in [1.29, 1.82) is 0 Å². The fraction of sp³-hybridized carbons (Fsp3) is 0.583. The minimum atomic E-state index is -0.137. The van der Waals surface area contributed by atoms with Gasteiger partial charge < -0.3 is 5.32 Å². The fourth-order valence-corrected chi connectivity index (χ4v) is 2.78. The maximum absolute atomic E-state index is 12.2. The van der Waals surface area contributed by atoms with Crippen LogP contribution in [0.4, 0.5) is 0 Å². The summed E-state index contributed by atoms with van der Waals surface area (Å²) in [5.41, 5.74) is -0.137. The predicted molar refractivity (Wildman–Crippen MR) is 63.2 cm³/mol. The quantitative estimate of drug-likeness (QED) is 0.851. The standard InChI is InChI=1S/C12H17NOS/c1-12(5-3-6-13-9-12)11(14)8-10-4-2-7-15-10/h2,4,7,13H,3,5-6,8-9H2,1H3. The number of carbonyl (C=O) groups excluding carboxylic acids is 1. The van der Waals surface area contributed by atoms with Crippen LogP contribution in [-0.2, 0) is 11.2 Å². The van der Waals surface area contributed by atoms with Crippen molar-refractivity contribution in [3.63, 3.8) is 0 Å². The number of ketones is 1. The van der Waals surface area contributed by atoms with E-state index in [1.54, 1.807) is 11.3 Å². The molecule has 1 aromatic rings. The Morgan fingerprint density at radius 3 is 3.13 bits per heavy atom. The summed E-state index contributed by atoms with van der Waals surface area (Å²) in [5.74, 6) is 0.386. The fourth-order valence-electron chi connectivity index (χ4n) is 2.08. The summed E-state index contributed by atoms with van der Waals surface area (Å²) < 4.78 is 0. The molecule has 82 valence electrons. The molecule has 0 amide bonds. The minimum Gasteiger partial charge on any atom is -0.316 e. The van der Waals surface area contributed by atoms with Gasteiger partial charge in [0.05, 0.1) is 0 Å². The van der Waals surface area contributed by atoms with Gasteiger partial charge in [0.1, 0.15) is 5.78 Å². The molecule has 1 aromatic heterocycles. The Hall–Kier alpha value is -0.670. The lowest BCUT2D eigenvalue weighted by Crippen LogP contribution is -2.43. The Kier molecular flexibility index (Phi) is 3.22. The van der Waals surface area contributed by atoms with Crippen LogP contribution in [0, 0.1) is 5.41 Å². The summed E-state index contributed by atoms with van der Waals surface area (Å²) in [7, 11) is 0. The normalized spacial score (nSPS) is 26.5. The predicted octanol–water partition coefficient (Wildman–Crippen LogP) is 2.25. The molecule has 1 atom stereocenters. The third-order valence-corrected chi connectivity index (χ3v) is 4.06. The third kappa shape index (κ3) is 2.47. The summed E-state index contributed by atoms with van der Waals surface area (Å²) >= 11 is 1.67. The highest BCUT2D eigenvalue weighted by Crippen LogP contribution is 2.28. The maximum atomic E-state index is 12.2. The second-order valence-corrected chi connectivity index (χ2v) is 5.55. The van der Waals surface area contributed by atoms with Gasteiger partial charge in [-0.1, -0.05) is 13.0 Å². The first kappa shape index (κ1) is 10.8. The average Bonchev–Trinajstić information content (AvgIpc) is 2.71. The lowest BCUT2D eigenvalue weighted by molar-refractivity contribution is -0.128. The largest absolute Gasteiger partial charge is 0.316 e. The lowest BCUT2D eigenvalue weighted by atomic mass is 9.77. The van der Waals surface area contributed by atoms with Crippen LogP contribution in [0.3, 0.4) is 0 Å². The van der Waals surface area contributed by atoms with E-state index in [2.05, 4.69) is 12.2 Å². The van der Waals surface area contributed by atoms with Crippen molar-refractivity contribution in [2.75, 3.05) is 13.1 Å². The van der Waals surface area contributed by atoms with Crippen LogP contribution in [0.15, 0.2) is 17.5 Å². The van der Waals surface area contributed by atoms with Gasteiger partial charge in [0.25, 0.3) is 0 Å². The number of nitrogens with one attached hydrogen (secondary N) is 1. The zero-order chi connectivity index (χ0) is 10.7. The van der Waals surface area contributed by atoms with Crippen LogP contribution >= 0.6 is 11.3 Å². The average molecular weight is 223 g/mol. The van der Waals surface area contributed by atoms with Gasteiger partial charge in [-0.3, -0.25) is 4.79 Å². The van der Waals surface area contributed by atoms with Crippen LogP contribution in [-0.4, -0.2) is 18.9 Å². The van der Waals surface area contributed by atoms with Crippen LogP contribution in [0.25, 0.3) is 0 Å². The second-order valence-electron chi connectivity index (χ2n) is 4.52. The summed E-state index contributed by atoms with van der Waals surface area (Å²) in [6.45, 7) is 3.99. The number of rotatable bonds is 3. The highest BCUT2D eigenvalue weighted by atomic mass is 32.1. The number of hydrogen-bond acceptors (Lipinski definition) is 3. The molecule has 1 N–H and O–H groups in total. The van der Waals surface area contributed by atoms with E-state index in [1.807, 2.05) is 17.5 Å². The molecule has 15 heavy (non-hydrogen) atoms. The molecule has 0 aromatic carbocycles. The molecule has 0 saturated carbocycles. The molecule has 2 heterocycles. The van der Waals surface area contributed by atoms with Gasteiger partial charge in [-0.05, 0) is 30.8 Å². The molecule has 1 unspecified atom stereocenters. The smallest absolute Gasteiger partial charge is 0.145 e. The van der Waals surface area contributed by atoms with Crippen LogP contribution in [0.1, 0.15) is 24.6 Å². The highest BCUT2D eigenvalue weighted by Gasteiger charge is 2.33. The summed E-state index contributed by atoms with van der Waals surface area (Å²) in [5, 5.41) is 5.35. The number of hydrogen-bond donors (Lipinski definition) is 1. The highest BCUT2D eigenvalue weighted by molar-refractivity contribution is 7.10. The lowest BCUT2D eigenvalue weighted by Gasteiger charge is -2.32. The monoisotopic (exact) mass is 223 g/mol. The van der Waals surface area contributed by atoms with Gasteiger partial charge in [-0.2, -0.15) is 0 Å². The van der Waals surface area contributed by atoms with E-state index in [0.29, 0.717) is 12.2 Å². The Bertz CT molecular complexity index is 325. The number of piperidine rings is 1. The van der Waals surface area contributed by atoms with E-state index < -0.39 is 0 Å². The van der Waals surface area contributed by atoms with E-state index in [9.17, 15) is 4.79 Å². The van der Waals surface area contributed by atoms with E-state index in [1.165, 1.54) is 4.88 Å². The Balaban J connectivity index is 2.00. The zero-order valence-corrected chi connectivity index (χ0v) is 9.90. The molecular weight excluding hydrogens is 206 g/mol. The van der Waals surface area contributed by atoms with E-state index in [4.69, 9.17) is 0 Å². The van der Waals surface area contributed by atoms with Crippen molar-refractivity contribution in [3.8, 4) is 0 Å². The Morgan fingerprint density at radius 1 is 1.67 bits per heavy atom. The molecule has 1 aliphatic rings. The summed E-state index contributed by atoms with van der Waals surface area (Å²) in [6.07, 6.45) is 2.76. The number of thiophene rings is 1. The molecule has 1 saturated heterocycles. The van der Waals surface area contributed by atoms with E-state index in [-0.39, 0.29) is 5.41 Å². The Labute approximate surface area is 94.7 Å². The third-order valence-electron chi connectivity index (χ3n) is 3.19. The molecule has 0 spiro atoms. The topological polar surface area (TPSA) is 29.1 Å². The first-order chi connectivity index (χ1) is 7.21. The summed E-state index contributed by atoms with van der Waals surface area (Å²) in [4.78, 5) is 13.3. The SMILES string of the molecule is CC1(C(=O)Cc2cccs2)CCCNC1. The number of Topliss-reactive ketones (excluding diaryl/α,β-unsaturated/α-hetero) is 1. The first-order valence-electron chi connectivity index (χ1n) is 5.47. The minimum absolute atomic E-state index is 0.137. The zero-order valence-electron chi connectivity index (χ0n) is 9.08. The molecule has 1 fully saturated rings. The summed E-state index contributed by atoms with van der Waals surface area (Å²) in [6, 6.07) is 4.05. The molecule has 1 aliphatic heterocycles. The first-order valence-corrected chi connectivity index (χ1v) is 6.35. The molecule has 2 rings (SSSR count).